The van der Waals surface area contributed by atoms with Crippen LogP contribution in [0.25, 0.3) is 0 Å². The van der Waals surface area contributed by atoms with Crippen molar-refractivity contribution in [1.29, 1.82) is 0 Å². The standard InChI is InChI=1S/C23H32ClN3O/c1-16-2-3-20(24)11-21(16)27-6-4-26(5-7-27)15-22(28)25-23-12-17-8-18(13-23)10-19(9-17)14-23/h2-3,11,17-19H,4-10,12-15H2,1H3,(H,25,28)/p+1. The quantitative estimate of drug-likeness (QED) is 0.811. The first-order valence-electron chi connectivity index (χ1n) is 11.1. The molecule has 28 heavy (non-hydrogen) atoms. The van der Waals surface area contributed by atoms with Crippen LogP contribution in [0.2, 0.25) is 5.02 Å². The lowest BCUT2D eigenvalue weighted by molar-refractivity contribution is -0.892. The molecule has 1 aromatic rings. The molecule has 2 N–H and O–H groups in total. The van der Waals surface area contributed by atoms with Crippen molar-refractivity contribution in [1.82, 2.24) is 5.32 Å². The number of quaternary nitrogens is 1. The maximum Gasteiger partial charge on any atom is 0.275 e. The molecule has 1 heterocycles. The van der Waals surface area contributed by atoms with Crippen LogP contribution in [0.4, 0.5) is 5.69 Å². The van der Waals surface area contributed by atoms with Crippen LogP contribution < -0.4 is 15.1 Å². The molecule has 6 rings (SSSR count). The van der Waals surface area contributed by atoms with E-state index in [-0.39, 0.29) is 11.4 Å². The van der Waals surface area contributed by atoms with Crippen molar-refractivity contribution in [3.63, 3.8) is 0 Å². The van der Waals surface area contributed by atoms with Gasteiger partial charge in [-0.1, -0.05) is 17.7 Å². The molecule has 4 saturated carbocycles. The predicted octanol–water partition coefficient (Wildman–Crippen LogP) is 2.44. The highest BCUT2D eigenvalue weighted by atomic mass is 35.5. The van der Waals surface area contributed by atoms with Gasteiger partial charge in [0.1, 0.15) is 0 Å². The highest BCUT2D eigenvalue weighted by Crippen LogP contribution is 2.55. The molecule has 0 atom stereocenters. The summed E-state index contributed by atoms with van der Waals surface area (Å²) in [6.45, 7) is 6.77. The van der Waals surface area contributed by atoms with Gasteiger partial charge in [-0.3, -0.25) is 4.79 Å². The molecule has 0 unspecified atom stereocenters. The summed E-state index contributed by atoms with van der Waals surface area (Å²) in [7, 11) is 0. The van der Waals surface area contributed by atoms with Crippen LogP contribution in [0.3, 0.4) is 0 Å². The molecule has 0 aromatic heterocycles. The molecular weight excluding hydrogens is 370 g/mol. The van der Waals surface area contributed by atoms with Crippen molar-refractivity contribution < 1.29 is 9.69 Å². The molecule has 1 saturated heterocycles. The molecule has 0 spiro atoms. The van der Waals surface area contributed by atoms with Crippen LogP contribution in [0.5, 0.6) is 0 Å². The molecule has 4 bridgehead atoms. The SMILES string of the molecule is Cc1ccc(Cl)cc1N1CC[NH+](CC(=O)NC23CC4CC(CC(C4)C2)C3)CC1. The Morgan fingerprint density at radius 1 is 1.14 bits per heavy atom. The first kappa shape index (κ1) is 18.7. The Labute approximate surface area is 173 Å². The minimum absolute atomic E-state index is 0.144. The number of piperazine rings is 1. The van der Waals surface area contributed by atoms with Crippen LogP contribution in [-0.4, -0.2) is 44.2 Å². The van der Waals surface area contributed by atoms with E-state index in [1.54, 1.807) is 0 Å². The maximum absolute atomic E-state index is 12.9. The molecule has 4 aliphatic carbocycles. The average Bonchev–Trinajstić information content (AvgIpc) is 2.63. The van der Waals surface area contributed by atoms with Gasteiger partial charge in [0.15, 0.2) is 6.54 Å². The zero-order valence-electron chi connectivity index (χ0n) is 17.0. The number of nitrogens with one attached hydrogen (secondary N) is 2. The van der Waals surface area contributed by atoms with Crippen molar-refractivity contribution in [3.05, 3.63) is 28.8 Å². The minimum Gasteiger partial charge on any atom is -0.360 e. The van der Waals surface area contributed by atoms with Gasteiger partial charge in [0.05, 0.1) is 26.2 Å². The first-order chi connectivity index (χ1) is 13.5. The third-order valence-corrected chi connectivity index (χ3v) is 8.07. The summed E-state index contributed by atoms with van der Waals surface area (Å²) in [5.74, 6) is 2.92. The van der Waals surface area contributed by atoms with E-state index in [1.165, 1.54) is 54.7 Å². The monoisotopic (exact) mass is 402 g/mol. The van der Waals surface area contributed by atoms with E-state index >= 15 is 0 Å². The van der Waals surface area contributed by atoms with Gasteiger partial charge in [0, 0.05) is 16.2 Å². The molecular formula is C23H33ClN3O+. The Morgan fingerprint density at radius 2 is 1.75 bits per heavy atom. The number of anilines is 1. The van der Waals surface area contributed by atoms with Gasteiger partial charge in [-0.25, -0.2) is 0 Å². The summed E-state index contributed by atoms with van der Waals surface area (Å²) < 4.78 is 0. The molecule has 5 heteroatoms. The summed E-state index contributed by atoms with van der Waals surface area (Å²) in [5.41, 5.74) is 2.65. The van der Waals surface area contributed by atoms with E-state index in [0.717, 1.165) is 49.0 Å². The number of aryl methyl sites for hydroxylation is 1. The van der Waals surface area contributed by atoms with Crippen molar-refractivity contribution in [3.8, 4) is 0 Å². The molecule has 1 aliphatic heterocycles. The van der Waals surface area contributed by atoms with E-state index < -0.39 is 0 Å². The number of carbonyl (C=O) groups is 1. The summed E-state index contributed by atoms with van der Waals surface area (Å²) in [4.78, 5) is 16.7. The van der Waals surface area contributed by atoms with Crippen LogP contribution in [0, 0.1) is 24.7 Å². The van der Waals surface area contributed by atoms with Gasteiger partial charge in [0.2, 0.25) is 0 Å². The van der Waals surface area contributed by atoms with E-state index in [9.17, 15) is 4.79 Å². The fraction of sp³-hybridized carbons (Fsp3) is 0.696. The number of hydrogen-bond donors (Lipinski definition) is 2. The maximum atomic E-state index is 12.9. The number of nitrogens with zero attached hydrogens (tertiary/aromatic N) is 1. The zero-order chi connectivity index (χ0) is 19.3. The molecule has 152 valence electrons. The minimum atomic E-state index is 0.144. The fourth-order valence-electron chi connectivity index (χ4n) is 6.99. The van der Waals surface area contributed by atoms with Gasteiger partial charge in [-0.2, -0.15) is 0 Å². The van der Waals surface area contributed by atoms with Crippen LogP contribution in [0.15, 0.2) is 18.2 Å². The van der Waals surface area contributed by atoms with Gasteiger partial charge >= 0.3 is 0 Å². The average molecular weight is 403 g/mol. The Kier molecular flexibility index (Phi) is 4.83. The topological polar surface area (TPSA) is 36.8 Å². The first-order valence-corrected chi connectivity index (χ1v) is 11.5. The molecule has 5 fully saturated rings. The fourth-order valence-corrected chi connectivity index (χ4v) is 7.16. The number of rotatable bonds is 4. The molecule has 5 aliphatic rings. The Hall–Kier alpha value is -1.26. The third-order valence-electron chi connectivity index (χ3n) is 7.84. The number of benzene rings is 1. The Bertz CT molecular complexity index is 721. The van der Waals surface area contributed by atoms with Crippen molar-refractivity contribution in [2.45, 2.75) is 51.0 Å². The summed E-state index contributed by atoms with van der Waals surface area (Å²) >= 11 is 6.20. The highest BCUT2D eigenvalue weighted by Gasteiger charge is 2.51. The second-order valence-corrected chi connectivity index (χ2v) is 10.5. The summed E-state index contributed by atoms with van der Waals surface area (Å²) in [6, 6.07) is 6.12. The normalized spacial score (nSPS) is 34.6. The third kappa shape index (κ3) is 3.66. The number of amides is 1. The molecule has 1 aromatic carbocycles. The van der Waals surface area contributed by atoms with Crippen LogP contribution in [0.1, 0.15) is 44.1 Å². The van der Waals surface area contributed by atoms with Gasteiger partial charge in [0.25, 0.3) is 5.91 Å². The van der Waals surface area contributed by atoms with Crippen molar-refractivity contribution >= 4 is 23.2 Å². The Morgan fingerprint density at radius 3 is 2.36 bits per heavy atom. The predicted molar refractivity (Wildman–Crippen MR) is 113 cm³/mol. The van der Waals surface area contributed by atoms with Crippen molar-refractivity contribution in [2.75, 3.05) is 37.6 Å². The van der Waals surface area contributed by atoms with Gasteiger partial charge in [-0.05, 0) is 80.9 Å². The number of carbonyl (C=O) groups excluding carboxylic acids is 1. The van der Waals surface area contributed by atoms with Crippen molar-refractivity contribution in [2.24, 2.45) is 17.8 Å². The smallest absolute Gasteiger partial charge is 0.275 e. The number of halogens is 1. The van der Waals surface area contributed by atoms with Gasteiger partial charge < -0.3 is 15.1 Å². The molecule has 0 radical (unpaired) electrons. The lowest BCUT2D eigenvalue weighted by Gasteiger charge is -2.56. The zero-order valence-corrected chi connectivity index (χ0v) is 17.7. The lowest BCUT2D eigenvalue weighted by atomic mass is 9.53. The lowest BCUT2D eigenvalue weighted by Crippen LogP contribution is -3.16. The second-order valence-electron chi connectivity index (χ2n) is 10.1. The van der Waals surface area contributed by atoms with E-state index in [4.69, 9.17) is 11.6 Å². The van der Waals surface area contributed by atoms with E-state index in [2.05, 4.69) is 29.3 Å². The second kappa shape index (κ2) is 7.21. The Balaban J connectivity index is 1.15. The largest absolute Gasteiger partial charge is 0.360 e. The van der Waals surface area contributed by atoms with Crippen LogP contribution >= 0.6 is 11.6 Å². The summed E-state index contributed by atoms with van der Waals surface area (Å²) in [6.07, 6.45) is 7.98. The van der Waals surface area contributed by atoms with E-state index in [1.807, 2.05) is 6.07 Å². The number of hydrogen-bond acceptors (Lipinski definition) is 2. The van der Waals surface area contributed by atoms with Gasteiger partial charge in [-0.15, -0.1) is 0 Å². The van der Waals surface area contributed by atoms with E-state index in [0.29, 0.717) is 6.54 Å². The summed E-state index contributed by atoms with van der Waals surface area (Å²) in [5, 5.41) is 4.34. The van der Waals surface area contributed by atoms with Crippen LogP contribution in [-0.2, 0) is 4.79 Å². The molecule has 1 amide bonds. The highest BCUT2D eigenvalue weighted by molar-refractivity contribution is 6.30. The molecule has 4 nitrogen and oxygen atoms in total.